The Bertz CT molecular complexity index is 1550. The van der Waals surface area contributed by atoms with Crippen LogP contribution in [-0.4, -0.2) is 82.6 Å². The van der Waals surface area contributed by atoms with E-state index in [2.05, 4.69) is 35.4 Å². The molecule has 12 nitrogen and oxygen atoms in total. The van der Waals surface area contributed by atoms with Gasteiger partial charge in [-0.1, -0.05) is 11.3 Å². The molecule has 0 radical (unpaired) electrons. The van der Waals surface area contributed by atoms with Gasteiger partial charge in [0.1, 0.15) is 11.2 Å². The van der Waals surface area contributed by atoms with Crippen LogP contribution in [0.3, 0.4) is 0 Å². The van der Waals surface area contributed by atoms with Crippen molar-refractivity contribution in [1.82, 2.24) is 44.6 Å². The molecule has 6 rings (SSSR count). The van der Waals surface area contributed by atoms with E-state index in [1.165, 1.54) is 34.2 Å². The Morgan fingerprint density at radius 3 is 2.56 bits per heavy atom. The third-order valence-electron chi connectivity index (χ3n) is 6.14. The number of anilines is 1. The van der Waals surface area contributed by atoms with Gasteiger partial charge in [-0.05, 0) is 18.2 Å². The predicted octanol–water partition coefficient (Wildman–Crippen LogP) is 1.53. The second kappa shape index (κ2) is 8.69. The van der Waals surface area contributed by atoms with Crippen LogP contribution in [0.4, 0.5) is 10.1 Å². The fourth-order valence-corrected chi connectivity index (χ4v) is 4.37. The summed E-state index contributed by atoms with van der Waals surface area (Å²) in [6, 6.07) is 7.07. The molecular formula is C23H19FN10O2. The van der Waals surface area contributed by atoms with E-state index >= 15 is 0 Å². The van der Waals surface area contributed by atoms with Crippen molar-refractivity contribution in [2.45, 2.75) is 0 Å². The molecule has 1 fully saturated rings. The first-order valence-electron chi connectivity index (χ1n) is 11.2. The van der Waals surface area contributed by atoms with Gasteiger partial charge in [-0.25, -0.2) is 14.1 Å². The molecule has 1 N–H and O–H groups in total. The molecule has 0 aliphatic carbocycles. The van der Waals surface area contributed by atoms with Gasteiger partial charge in [-0.3, -0.25) is 24.2 Å². The maximum absolute atomic E-state index is 14.4. The average molecular weight is 486 g/mol. The van der Waals surface area contributed by atoms with E-state index in [-0.39, 0.29) is 16.7 Å². The maximum Gasteiger partial charge on any atom is 0.320 e. The Kier molecular flexibility index (Phi) is 5.21. The number of amides is 1. The fraction of sp³-hybridized carbons (Fsp3) is 0.174. The van der Waals surface area contributed by atoms with E-state index in [1.807, 2.05) is 18.2 Å². The lowest BCUT2D eigenvalue weighted by Gasteiger charge is -2.35. The summed E-state index contributed by atoms with van der Waals surface area (Å²) in [7, 11) is 0. The average Bonchev–Trinajstić information content (AvgIpc) is 3.70. The van der Waals surface area contributed by atoms with Gasteiger partial charge in [0.05, 0.1) is 36.2 Å². The topological polar surface area (TPSA) is 131 Å². The number of carbonyl (C=O) groups is 2. The number of H-pyrrole nitrogens is 1. The minimum absolute atomic E-state index is 0.149. The van der Waals surface area contributed by atoms with Gasteiger partial charge in [0.2, 0.25) is 0 Å². The first kappa shape index (κ1) is 21.6. The number of hydrogen-bond acceptors (Lipinski definition) is 8. The molecule has 180 valence electrons. The number of aromatic amines is 1. The second-order valence-electron chi connectivity index (χ2n) is 8.16. The Morgan fingerprint density at radius 2 is 1.81 bits per heavy atom. The van der Waals surface area contributed by atoms with Crippen molar-refractivity contribution < 1.29 is 14.0 Å². The van der Waals surface area contributed by atoms with Crippen LogP contribution in [0.5, 0.6) is 0 Å². The number of halogens is 1. The highest BCUT2D eigenvalue weighted by Crippen LogP contribution is 2.28. The van der Waals surface area contributed by atoms with E-state index in [1.54, 1.807) is 12.4 Å². The highest BCUT2D eigenvalue weighted by Gasteiger charge is 2.30. The van der Waals surface area contributed by atoms with Crippen LogP contribution in [-0.2, 0) is 4.79 Å². The van der Waals surface area contributed by atoms with Crippen molar-refractivity contribution in [2.75, 3.05) is 31.1 Å². The summed E-state index contributed by atoms with van der Waals surface area (Å²) in [6.45, 7) is 1.68. The first-order valence-corrected chi connectivity index (χ1v) is 11.2. The summed E-state index contributed by atoms with van der Waals surface area (Å²) in [5, 5.41) is 14.9. The Hall–Kier alpha value is -4.94. The molecule has 0 saturated carbocycles. The molecule has 5 aromatic heterocycles. The Labute approximate surface area is 203 Å². The molecule has 0 atom stereocenters. The lowest BCUT2D eigenvalue weighted by Crippen LogP contribution is -2.51. The van der Waals surface area contributed by atoms with Gasteiger partial charge in [0, 0.05) is 44.0 Å². The summed E-state index contributed by atoms with van der Waals surface area (Å²) in [4.78, 5) is 38.4. The second-order valence-corrected chi connectivity index (χ2v) is 8.16. The SMILES string of the molecule is O=C(C(=O)n1ccc2c(F)cnc(-n3ccnn3)c21)N1CCN(c2cn[nH]c2-c2ccccn2)CC1. The monoisotopic (exact) mass is 486 g/mol. The molecule has 1 amide bonds. The van der Waals surface area contributed by atoms with Crippen LogP contribution in [0.15, 0.2) is 61.4 Å². The maximum atomic E-state index is 14.4. The number of carbonyl (C=O) groups excluding carboxylic acids is 2. The molecule has 1 saturated heterocycles. The number of nitrogens with one attached hydrogen (secondary N) is 1. The zero-order valence-electron chi connectivity index (χ0n) is 18.8. The number of aromatic nitrogens is 8. The van der Waals surface area contributed by atoms with Crippen LogP contribution >= 0.6 is 0 Å². The van der Waals surface area contributed by atoms with Crippen LogP contribution in [0.1, 0.15) is 4.79 Å². The minimum Gasteiger partial charge on any atom is -0.365 e. The van der Waals surface area contributed by atoms with E-state index in [4.69, 9.17) is 0 Å². The molecule has 0 spiro atoms. The molecule has 13 heteroatoms. The quantitative estimate of drug-likeness (QED) is 0.380. The van der Waals surface area contributed by atoms with Crippen molar-refractivity contribution in [1.29, 1.82) is 0 Å². The van der Waals surface area contributed by atoms with Gasteiger partial charge in [-0.15, -0.1) is 5.10 Å². The van der Waals surface area contributed by atoms with E-state index in [0.29, 0.717) is 26.2 Å². The van der Waals surface area contributed by atoms with Gasteiger partial charge in [0.15, 0.2) is 11.6 Å². The fourth-order valence-electron chi connectivity index (χ4n) is 4.37. The summed E-state index contributed by atoms with van der Waals surface area (Å²) in [5.74, 6) is -1.89. The summed E-state index contributed by atoms with van der Waals surface area (Å²) >= 11 is 0. The number of pyridine rings is 2. The zero-order valence-corrected chi connectivity index (χ0v) is 18.8. The molecule has 6 heterocycles. The number of fused-ring (bicyclic) bond motifs is 1. The standard InChI is InChI=1S/C23H19FN10O2/c24-16-13-26-21(34-8-6-27-30-34)20-15(16)4-7-33(20)23(36)22(35)32-11-9-31(10-12-32)18-14-28-29-19(18)17-3-1-2-5-25-17/h1-8,13-14H,9-12H2,(H,28,29). The largest absolute Gasteiger partial charge is 0.365 e. The lowest BCUT2D eigenvalue weighted by atomic mass is 10.2. The molecule has 0 aromatic carbocycles. The van der Waals surface area contributed by atoms with Crippen molar-refractivity contribution >= 4 is 28.4 Å². The first-order chi connectivity index (χ1) is 17.6. The molecule has 0 unspecified atom stereocenters. The summed E-state index contributed by atoms with van der Waals surface area (Å²) in [6.07, 6.45) is 8.82. The Morgan fingerprint density at radius 1 is 0.944 bits per heavy atom. The Balaban J connectivity index is 1.22. The van der Waals surface area contributed by atoms with Crippen molar-refractivity contribution in [3.8, 4) is 17.2 Å². The van der Waals surface area contributed by atoms with Crippen molar-refractivity contribution in [3.63, 3.8) is 0 Å². The minimum atomic E-state index is -0.801. The van der Waals surface area contributed by atoms with Gasteiger partial charge in [-0.2, -0.15) is 5.10 Å². The zero-order chi connectivity index (χ0) is 24.6. The molecular weight excluding hydrogens is 467 g/mol. The molecule has 5 aromatic rings. The highest BCUT2D eigenvalue weighted by molar-refractivity contribution is 6.37. The smallest absolute Gasteiger partial charge is 0.320 e. The van der Waals surface area contributed by atoms with Crippen molar-refractivity contribution in [3.05, 3.63) is 67.3 Å². The summed E-state index contributed by atoms with van der Waals surface area (Å²) < 4.78 is 16.9. The summed E-state index contributed by atoms with van der Waals surface area (Å²) in [5.41, 5.74) is 2.58. The van der Waals surface area contributed by atoms with Gasteiger partial charge >= 0.3 is 11.8 Å². The predicted molar refractivity (Wildman–Crippen MR) is 126 cm³/mol. The van der Waals surface area contributed by atoms with E-state index in [0.717, 1.165) is 27.8 Å². The molecule has 1 aliphatic heterocycles. The molecule has 1 aliphatic rings. The third-order valence-corrected chi connectivity index (χ3v) is 6.14. The number of rotatable bonds is 3. The van der Waals surface area contributed by atoms with Gasteiger partial charge in [0.25, 0.3) is 0 Å². The lowest BCUT2D eigenvalue weighted by molar-refractivity contribution is -0.127. The van der Waals surface area contributed by atoms with E-state index in [9.17, 15) is 14.0 Å². The molecule has 0 bridgehead atoms. The number of piperazine rings is 1. The van der Waals surface area contributed by atoms with Crippen LogP contribution in [0.25, 0.3) is 28.1 Å². The normalized spacial score (nSPS) is 13.9. The van der Waals surface area contributed by atoms with Gasteiger partial charge < -0.3 is 9.80 Å². The van der Waals surface area contributed by atoms with E-state index < -0.39 is 17.6 Å². The highest BCUT2D eigenvalue weighted by atomic mass is 19.1. The van der Waals surface area contributed by atoms with Crippen LogP contribution in [0.2, 0.25) is 0 Å². The van der Waals surface area contributed by atoms with Crippen LogP contribution in [0, 0.1) is 5.82 Å². The third kappa shape index (κ3) is 3.57. The van der Waals surface area contributed by atoms with Crippen molar-refractivity contribution in [2.24, 2.45) is 0 Å². The van der Waals surface area contributed by atoms with Crippen LogP contribution < -0.4 is 4.90 Å². The number of hydrogen-bond donors (Lipinski definition) is 1. The number of nitrogens with zero attached hydrogens (tertiary/aromatic N) is 9. The molecule has 36 heavy (non-hydrogen) atoms.